The molecule has 3 nitrogen and oxygen atoms in total. The van der Waals surface area contributed by atoms with Crippen LogP contribution in [-0.4, -0.2) is 37.2 Å². The molecule has 0 aliphatic carbocycles. The van der Waals surface area contributed by atoms with Gasteiger partial charge >= 0.3 is 6.18 Å². The summed E-state index contributed by atoms with van der Waals surface area (Å²) in [5.41, 5.74) is 0. The highest BCUT2D eigenvalue weighted by molar-refractivity contribution is 9.10. The van der Waals surface area contributed by atoms with Crippen LogP contribution in [0.25, 0.3) is 10.8 Å². The summed E-state index contributed by atoms with van der Waals surface area (Å²) in [5, 5.41) is 1.89. The quantitative estimate of drug-likeness (QED) is 0.808. The summed E-state index contributed by atoms with van der Waals surface area (Å²) in [4.78, 5) is 12.2. The normalized spacial score (nSPS) is 11.5. The van der Waals surface area contributed by atoms with Crippen molar-refractivity contribution in [2.75, 3.05) is 20.2 Å². The monoisotopic (exact) mass is 375 g/mol. The lowest BCUT2D eigenvalue weighted by Gasteiger charge is -2.19. The van der Waals surface area contributed by atoms with Crippen molar-refractivity contribution in [1.29, 1.82) is 0 Å². The topological polar surface area (TPSA) is 29.5 Å². The van der Waals surface area contributed by atoms with E-state index in [-0.39, 0.29) is 0 Å². The Morgan fingerprint density at radius 2 is 1.91 bits per heavy atom. The maximum atomic E-state index is 12.2. The second-order valence-corrected chi connectivity index (χ2v) is 5.55. The molecule has 0 saturated heterocycles. The minimum absolute atomic E-state index is 0.410. The number of fused-ring (bicyclic) bond motifs is 1. The second-order valence-electron chi connectivity index (χ2n) is 4.75. The third-order valence-electron chi connectivity index (χ3n) is 3.02. The van der Waals surface area contributed by atoms with Crippen molar-refractivity contribution in [2.45, 2.75) is 6.18 Å². The van der Waals surface area contributed by atoms with Gasteiger partial charge in [-0.05, 0) is 32.8 Å². The summed E-state index contributed by atoms with van der Waals surface area (Å²) < 4.78 is 42.7. The lowest BCUT2D eigenvalue weighted by Crippen LogP contribution is -2.38. The van der Waals surface area contributed by atoms with E-state index in [1.165, 1.54) is 0 Å². The molecular weight excluding hydrogens is 363 g/mol. The van der Waals surface area contributed by atoms with Gasteiger partial charge in [0.2, 0.25) is 0 Å². The lowest BCUT2D eigenvalue weighted by molar-refractivity contribution is -0.159. The van der Waals surface area contributed by atoms with Gasteiger partial charge in [0.1, 0.15) is 12.3 Å². The van der Waals surface area contributed by atoms with Crippen LogP contribution in [0.3, 0.4) is 0 Å². The Kier molecular flexibility index (Phi) is 4.95. The molecule has 0 fully saturated rings. The molecule has 0 unspecified atom stereocenters. The zero-order valence-electron chi connectivity index (χ0n) is 11.7. The van der Waals surface area contributed by atoms with Gasteiger partial charge in [-0.1, -0.05) is 30.3 Å². The van der Waals surface area contributed by atoms with Crippen LogP contribution < -0.4 is 4.74 Å². The molecule has 0 aliphatic heterocycles. The molecule has 118 valence electrons. The number of carbonyl (C=O) groups is 1. The van der Waals surface area contributed by atoms with Gasteiger partial charge in [-0.3, -0.25) is 4.79 Å². The van der Waals surface area contributed by atoms with Crippen LogP contribution >= 0.6 is 15.9 Å². The summed E-state index contributed by atoms with van der Waals surface area (Å²) in [7, 11) is 1.09. The first-order valence-electron chi connectivity index (χ1n) is 6.39. The first-order valence-corrected chi connectivity index (χ1v) is 7.18. The minimum Gasteiger partial charge on any atom is -0.483 e. The van der Waals surface area contributed by atoms with Gasteiger partial charge in [0.25, 0.3) is 5.91 Å². The highest BCUT2D eigenvalue weighted by atomic mass is 79.9. The molecule has 0 spiro atoms. The van der Waals surface area contributed by atoms with E-state index in [0.29, 0.717) is 15.1 Å². The van der Waals surface area contributed by atoms with Gasteiger partial charge in [0.05, 0.1) is 4.47 Å². The fraction of sp³-hybridized carbons (Fsp3) is 0.267. The first-order chi connectivity index (χ1) is 10.3. The zero-order chi connectivity index (χ0) is 16.3. The van der Waals surface area contributed by atoms with Crippen molar-refractivity contribution in [3.05, 3.63) is 40.9 Å². The number of hydrogen-bond acceptors (Lipinski definition) is 2. The van der Waals surface area contributed by atoms with E-state index in [2.05, 4.69) is 15.9 Å². The van der Waals surface area contributed by atoms with E-state index in [9.17, 15) is 18.0 Å². The van der Waals surface area contributed by atoms with Crippen molar-refractivity contribution in [3.8, 4) is 5.75 Å². The highest BCUT2D eigenvalue weighted by Gasteiger charge is 2.31. The van der Waals surface area contributed by atoms with Crippen LogP contribution in [0.1, 0.15) is 0 Å². The van der Waals surface area contributed by atoms with Crippen molar-refractivity contribution in [3.63, 3.8) is 0 Å². The number of amides is 1. The van der Waals surface area contributed by atoms with E-state index in [1.54, 1.807) is 6.07 Å². The first kappa shape index (κ1) is 16.6. The van der Waals surface area contributed by atoms with Gasteiger partial charge in [0, 0.05) is 7.05 Å². The molecule has 0 saturated carbocycles. The summed E-state index contributed by atoms with van der Waals surface area (Å²) in [5.74, 6) is -0.329. The summed E-state index contributed by atoms with van der Waals surface area (Å²) >= 11 is 3.39. The Balaban J connectivity index is 2.06. The number of ether oxygens (including phenoxy) is 1. The number of halogens is 4. The van der Waals surface area contributed by atoms with E-state index in [0.717, 1.165) is 17.8 Å². The predicted octanol–water partition coefficient (Wildman–Crippen LogP) is 4.00. The fourth-order valence-electron chi connectivity index (χ4n) is 1.93. The second kappa shape index (κ2) is 6.56. The largest absolute Gasteiger partial charge is 0.483 e. The van der Waals surface area contributed by atoms with Crippen LogP contribution in [0.15, 0.2) is 40.9 Å². The maximum Gasteiger partial charge on any atom is 0.406 e. The van der Waals surface area contributed by atoms with Gasteiger partial charge < -0.3 is 9.64 Å². The Bertz CT molecular complexity index is 688. The maximum absolute atomic E-state index is 12.2. The highest BCUT2D eigenvalue weighted by Crippen LogP contribution is 2.33. The lowest BCUT2D eigenvalue weighted by atomic mass is 10.1. The molecule has 0 bridgehead atoms. The van der Waals surface area contributed by atoms with E-state index < -0.39 is 25.2 Å². The van der Waals surface area contributed by atoms with Crippen LogP contribution in [-0.2, 0) is 4.79 Å². The van der Waals surface area contributed by atoms with E-state index >= 15 is 0 Å². The molecule has 0 radical (unpaired) electrons. The number of nitrogens with zero attached hydrogens (tertiary/aromatic N) is 1. The van der Waals surface area contributed by atoms with Crippen molar-refractivity contribution in [1.82, 2.24) is 4.90 Å². The van der Waals surface area contributed by atoms with Crippen LogP contribution in [0.4, 0.5) is 13.2 Å². The van der Waals surface area contributed by atoms with Gasteiger partial charge in [-0.25, -0.2) is 0 Å². The summed E-state index contributed by atoms with van der Waals surface area (Å²) in [6, 6.07) is 11.0. The Hall–Kier alpha value is -1.76. The van der Waals surface area contributed by atoms with Crippen molar-refractivity contribution < 1.29 is 22.7 Å². The van der Waals surface area contributed by atoms with Crippen molar-refractivity contribution >= 4 is 32.6 Å². The third kappa shape index (κ3) is 4.13. The average Bonchev–Trinajstić information content (AvgIpc) is 2.44. The van der Waals surface area contributed by atoms with E-state index in [4.69, 9.17) is 4.74 Å². The summed E-state index contributed by atoms with van der Waals surface area (Å²) in [6.07, 6.45) is -4.42. The molecular formula is C15H13BrF3NO2. The fourth-order valence-corrected chi connectivity index (χ4v) is 2.54. The smallest absolute Gasteiger partial charge is 0.406 e. The number of carbonyl (C=O) groups excluding carboxylic acids is 1. The molecule has 1 amide bonds. The molecule has 2 aromatic carbocycles. The molecule has 0 N–H and O–H groups in total. The number of benzene rings is 2. The SMILES string of the molecule is CN(CC(F)(F)F)C(=O)COc1ccc2ccccc2c1Br. The predicted molar refractivity (Wildman–Crippen MR) is 80.8 cm³/mol. The molecule has 7 heteroatoms. The third-order valence-corrected chi connectivity index (χ3v) is 3.84. The molecule has 2 rings (SSSR count). The Morgan fingerprint density at radius 1 is 1.23 bits per heavy atom. The van der Waals surface area contributed by atoms with Gasteiger partial charge in [-0.2, -0.15) is 13.2 Å². The van der Waals surface area contributed by atoms with Crippen LogP contribution in [0.5, 0.6) is 5.75 Å². The van der Waals surface area contributed by atoms with Crippen LogP contribution in [0.2, 0.25) is 0 Å². The molecule has 2 aromatic rings. The minimum atomic E-state index is -4.42. The average molecular weight is 376 g/mol. The number of rotatable bonds is 4. The standard InChI is InChI=1S/C15H13BrF3NO2/c1-20(9-15(17,18)19)13(21)8-22-12-7-6-10-4-2-3-5-11(10)14(12)16/h2-7H,8-9H2,1H3. The molecule has 0 heterocycles. The molecule has 22 heavy (non-hydrogen) atoms. The molecule has 0 atom stereocenters. The van der Waals surface area contributed by atoms with Gasteiger partial charge in [-0.15, -0.1) is 0 Å². The molecule has 0 aliphatic rings. The Morgan fingerprint density at radius 3 is 2.59 bits per heavy atom. The van der Waals surface area contributed by atoms with Gasteiger partial charge in [0.15, 0.2) is 6.61 Å². The Labute approximate surface area is 133 Å². The number of likely N-dealkylation sites (N-methyl/N-ethyl adjacent to an activating group) is 1. The van der Waals surface area contributed by atoms with Crippen LogP contribution in [0, 0.1) is 0 Å². The zero-order valence-corrected chi connectivity index (χ0v) is 13.2. The molecule has 0 aromatic heterocycles. The van der Waals surface area contributed by atoms with E-state index in [1.807, 2.05) is 30.3 Å². The number of alkyl halides is 3. The van der Waals surface area contributed by atoms with Crippen molar-refractivity contribution in [2.24, 2.45) is 0 Å². The summed E-state index contributed by atoms with van der Waals surface area (Å²) in [6.45, 7) is -1.75. The number of hydrogen-bond donors (Lipinski definition) is 0.